The molecule has 0 aliphatic carbocycles. The molecule has 2 aliphatic heterocycles. The highest BCUT2D eigenvalue weighted by Gasteiger charge is 2.43. The Morgan fingerprint density at radius 2 is 1.68 bits per heavy atom. The van der Waals surface area contributed by atoms with E-state index in [1.807, 2.05) is 0 Å². The number of hydrogen-bond acceptors (Lipinski definition) is 8. The van der Waals surface area contributed by atoms with Crippen molar-refractivity contribution in [2.45, 2.75) is 12.5 Å². The molecule has 0 spiro atoms. The number of halogens is 1. The topological polar surface area (TPSA) is 90.7 Å². The van der Waals surface area contributed by atoms with E-state index >= 15 is 0 Å². The summed E-state index contributed by atoms with van der Waals surface area (Å²) < 4.78 is 28.1. The van der Waals surface area contributed by atoms with Crippen LogP contribution in [0.25, 0.3) is 11.0 Å². The van der Waals surface area contributed by atoms with Crippen LogP contribution >= 0.6 is 11.6 Å². The molecule has 196 valence electrons. The van der Waals surface area contributed by atoms with Gasteiger partial charge in [0.05, 0.1) is 51.5 Å². The minimum Gasteiger partial charge on any atom is -0.493 e. The number of fused-ring (bicyclic) bond motifs is 2. The molecule has 9 nitrogen and oxygen atoms in total. The Labute approximate surface area is 219 Å². The first-order valence-electron chi connectivity index (χ1n) is 12.1. The number of ether oxygens (including phenoxy) is 4. The van der Waals surface area contributed by atoms with Gasteiger partial charge in [-0.3, -0.25) is 14.5 Å². The summed E-state index contributed by atoms with van der Waals surface area (Å²) in [5.74, 6) is 1.00. The Morgan fingerprint density at radius 1 is 0.973 bits per heavy atom. The summed E-state index contributed by atoms with van der Waals surface area (Å²) in [4.78, 5) is 31.5. The Morgan fingerprint density at radius 3 is 2.32 bits per heavy atom. The number of carbonyl (C=O) groups is 1. The van der Waals surface area contributed by atoms with Gasteiger partial charge >= 0.3 is 0 Å². The lowest BCUT2D eigenvalue weighted by Crippen LogP contribution is -2.38. The number of methoxy groups -OCH3 is 3. The smallest absolute Gasteiger partial charge is 0.290 e. The molecule has 37 heavy (non-hydrogen) atoms. The Bertz CT molecular complexity index is 1360. The van der Waals surface area contributed by atoms with E-state index in [1.54, 1.807) is 35.2 Å². The number of carbonyl (C=O) groups excluding carboxylic acids is 1. The first kappa shape index (κ1) is 25.4. The van der Waals surface area contributed by atoms with Crippen molar-refractivity contribution in [3.05, 3.63) is 62.5 Å². The van der Waals surface area contributed by atoms with Gasteiger partial charge in [0.25, 0.3) is 5.91 Å². The molecular weight excluding hydrogens is 500 g/mol. The van der Waals surface area contributed by atoms with Gasteiger partial charge in [-0.15, -0.1) is 0 Å². The van der Waals surface area contributed by atoms with Crippen LogP contribution in [-0.2, 0) is 4.74 Å². The molecule has 2 aliphatic rings. The molecule has 1 atom stereocenters. The van der Waals surface area contributed by atoms with Gasteiger partial charge in [0.2, 0.25) is 11.5 Å². The zero-order chi connectivity index (χ0) is 26.1. The molecule has 3 heterocycles. The summed E-state index contributed by atoms with van der Waals surface area (Å²) in [6, 6.07) is 7.66. The second-order valence-corrected chi connectivity index (χ2v) is 9.42. The molecular formula is C27H29ClN2O7. The third-order valence-electron chi connectivity index (χ3n) is 6.91. The highest BCUT2D eigenvalue weighted by Crippen LogP contribution is 2.45. The van der Waals surface area contributed by atoms with Crippen LogP contribution in [0.5, 0.6) is 17.2 Å². The summed E-state index contributed by atoms with van der Waals surface area (Å²) in [7, 11) is 4.58. The van der Waals surface area contributed by atoms with Crippen molar-refractivity contribution >= 4 is 28.5 Å². The van der Waals surface area contributed by atoms with Crippen molar-refractivity contribution < 1.29 is 28.2 Å². The van der Waals surface area contributed by atoms with Gasteiger partial charge in [-0.1, -0.05) is 11.6 Å². The predicted octanol–water partition coefficient (Wildman–Crippen LogP) is 3.74. The average Bonchev–Trinajstić information content (AvgIpc) is 3.20. The molecule has 10 heteroatoms. The second kappa shape index (κ2) is 10.6. The Hall–Kier alpha value is -3.27. The van der Waals surface area contributed by atoms with Crippen molar-refractivity contribution in [3.63, 3.8) is 0 Å². The quantitative estimate of drug-likeness (QED) is 0.437. The summed E-state index contributed by atoms with van der Waals surface area (Å²) in [6.07, 6.45) is 0.722. The fourth-order valence-electron chi connectivity index (χ4n) is 5.12. The van der Waals surface area contributed by atoms with E-state index in [4.69, 9.17) is 35.0 Å². The van der Waals surface area contributed by atoms with Crippen LogP contribution in [0.2, 0.25) is 5.02 Å². The maximum absolute atomic E-state index is 13.8. The van der Waals surface area contributed by atoms with E-state index < -0.39 is 6.04 Å². The van der Waals surface area contributed by atoms with Crippen molar-refractivity contribution in [1.82, 2.24) is 9.80 Å². The SMILES string of the molecule is COc1cc(C2c3c(oc4ccc(Cl)cc4c3=O)C(=O)N2CCCN2CCOCC2)cc(OC)c1OC. The molecule has 1 unspecified atom stereocenters. The molecule has 0 saturated carbocycles. The van der Waals surface area contributed by atoms with Crippen LogP contribution < -0.4 is 19.6 Å². The number of nitrogens with zero attached hydrogens (tertiary/aromatic N) is 2. The molecule has 1 fully saturated rings. The molecule has 1 saturated heterocycles. The van der Waals surface area contributed by atoms with Crippen molar-refractivity contribution in [2.75, 3.05) is 60.7 Å². The maximum Gasteiger partial charge on any atom is 0.290 e. The summed E-state index contributed by atoms with van der Waals surface area (Å²) in [5, 5.41) is 0.738. The normalized spacial score (nSPS) is 17.8. The molecule has 0 bridgehead atoms. The van der Waals surface area contributed by atoms with Gasteiger partial charge in [-0.2, -0.15) is 0 Å². The van der Waals surface area contributed by atoms with Gasteiger partial charge in [0.15, 0.2) is 16.9 Å². The minimum absolute atomic E-state index is 0.0462. The van der Waals surface area contributed by atoms with Crippen LogP contribution in [0.4, 0.5) is 0 Å². The van der Waals surface area contributed by atoms with Crippen molar-refractivity contribution in [3.8, 4) is 17.2 Å². The highest BCUT2D eigenvalue weighted by atomic mass is 35.5. The highest BCUT2D eigenvalue weighted by molar-refractivity contribution is 6.31. The molecule has 1 aromatic heterocycles. The molecule has 5 rings (SSSR count). The molecule has 1 amide bonds. The zero-order valence-electron chi connectivity index (χ0n) is 21.0. The fourth-order valence-corrected chi connectivity index (χ4v) is 5.29. The lowest BCUT2D eigenvalue weighted by Gasteiger charge is -2.29. The van der Waals surface area contributed by atoms with Gasteiger partial charge < -0.3 is 28.3 Å². The standard InChI is InChI=1S/C27H29ClN2O7/c1-33-20-13-16(14-21(34-2)25(20)35-3)23-22-24(31)18-15-17(28)5-6-19(18)37-26(22)27(32)30(23)8-4-7-29-9-11-36-12-10-29/h5-6,13-15,23H,4,7-12H2,1-3H3. The average molecular weight is 529 g/mol. The summed E-state index contributed by atoms with van der Waals surface area (Å²) in [6.45, 7) is 4.36. The lowest BCUT2D eigenvalue weighted by molar-refractivity contribution is 0.0353. The molecule has 3 aromatic rings. The van der Waals surface area contributed by atoms with E-state index in [-0.39, 0.29) is 22.7 Å². The molecule has 0 radical (unpaired) electrons. The van der Waals surface area contributed by atoms with E-state index in [0.717, 1.165) is 26.1 Å². The minimum atomic E-state index is -0.694. The zero-order valence-corrected chi connectivity index (χ0v) is 21.8. The Balaban J connectivity index is 1.61. The van der Waals surface area contributed by atoms with Crippen LogP contribution in [0.3, 0.4) is 0 Å². The number of amides is 1. The van der Waals surface area contributed by atoms with Crippen LogP contribution in [0.15, 0.2) is 39.5 Å². The lowest BCUT2D eigenvalue weighted by atomic mass is 9.97. The van der Waals surface area contributed by atoms with Gasteiger partial charge in [-0.25, -0.2) is 0 Å². The second-order valence-electron chi connectivity index (χ2n) is 8.98. The molecule has 0 N–H and O–H groups in total. The summed E-state index contributed by atoms with van der Waals surface area (Å²) in [5.41, 5.74) is 0.962. The van der Waals surface area contributed by atoms with Crippen LogP contribution in [-0.4, -0.2) is 76.4 Å². The Kier molecular flexibility index (Phi) is 7.28. The first-order valence-corrected chi connectivity index (χ1v) is 12.5. The number of morpholine rings is 1. The van der Waals surface area contributed by atoms with E-state index in [1.165, 1.54) is 21.3 Å². The maximum atomic E-state index is 13.8. The monoisotopic (exact) mass is 528 g/mol. The van der Waals surface area contributed by atoms with Gasteiger partial charge in [0.1, 0.15) is 5.58 Å². The fraction of sp³-hybridized carbons (Fsp3) is 0.407. The predicted molar refractivity (Wildman–Crippen MR) is 138 cm³/mol. The van der Waals surface area contributed by atoms with Gasteiger partial charge in [-0.05, 0) is 42.3 Å². The van der Waals surface area contributed by atoms with E-state index in [9.17, 15) is 9.59 Å². The third kappa shape index (κ3) is 4.63. The van der Waals surface area contributed by atoms with Gasteiger partial charge in [0, 0.05) is 31.2 Å². The number of benzene rings is 2. The largest absolute Gasteiger partial charge is 0.493 e. The third-order valence-corrected chi connectivity index (χ3v) is 7.14. The number of hydrogen-bond donors (Lipinski definition) is 0. The van der Waals surface area contributed by atoms with E-state index in [0.29, 0.717) is 58.6 Å². The van der Waals surface area contributed by atoms with Crippen LogP contribution in [0, 0.1) is 0 Å². The number of rotatable bonds is 8. The van der Waals surface area contributed by atoms with E-state index in [2.05, 4.69) is 4.90 Å². The molecule has 2 aromatic carbocycles. The summed E-state index contributed by atoms with van der Waals surface area (Å²) >= 11 is 6.19. The van der Waals surface area contributed by atoms with Crippen molar-refractivity contribution in [1.29, 1.82) is 0 Å². The van der Waals surface area contributed by atoms with Crippen LogP contribution in [0.1, 0.15) is 34.1 Å². The first-order chi connectivity index (χ1) is 18.0. The van der Waals surface area contributed by atoms with Crippen molar-refractivity contribution in [2.24, 2.45) is 0 Å².